The second-order valence-corrected chi connectivity index (χ2v) is 5.11. The molecule has 0 bridgehead atoms. The van der Waals surface area contributed by atoms with E-state index in [1.165, 1.54) is 12.1 Å². The number of aryl methyl sites for hydroxylation is 1. The van der Waals surface area contributed by atoms with E-state index in [1.54, 1.807) is 6.07 Å². The fraction of sp³-hybridized carbons (Fsp3) is 0.471. The van der Waals surface area contributed by atoms with E-state index in [2.05, 4.69) is 15.6 Å². The minimum atomic E-state index is -0.262. The summed E-state index contributed by atoms with van der Waals surface area (Å²) < 4.78 is 24.4. The smallest absolute Gasteiger partial charge is 0.191 e. The van der Waals surface area contributed by atoms with Gasteiger partial charge in [-0.15, -0.1) is 24.0 Å². The summed E-state index contributed by atoms with van der Waals surface area (Å²) in [6, 6.07) is 4.54. The molecule has 0 saturated heterocycles. The Kier molecular flexibility index (Phi) is 9.05. The largest absolute Gasteiger partial charge is 0.459 e. The molecule has 2 rings (SSSR count). The van der Waals surface area contributed by atoms with Crippen LogP contribution in [0.5, 0.6) is 0 Å². The van der Waals surface area contributed by atoms with Crippen molar-refractivity contribution in [1.29, 1.82) is 0 Å². The molecule has 0 aliphatic heterocycles. The maximum Gasteiger partial charge on any atom is 0.191 e. The number of nitrogens with one attached hydrogen (secondary N) is 2. The van der Waals surface area contributed by atoms with E-state index in [0.29, 0.717) is 37.8 Å². The summed E-state index contributed by atoms with van der Waals surface area (Å²) in [5.74, 6) is 1.19. The third kappa shape index (κ3) is 5.62. The molecule has 1 heterocycles. The van der Waals surface area contributed by atoms with Gasteiger partial charge in [0.2, 0.25) is 0 Å². The number of ether oxygens (including phenoxy) is 1. The van der Waals surface area contributed by atoms with Gasteiger partial charge in [-0.05, 0) is 39.0 Å². The zero-order chi connectivity index (χ0) is 16.7. The van der Waals surface area contributed by atoms with Gasteiger partial charge < -0.3 is 19.8 Å². The van der Waals surface area contributed by atoms with E-state index < -0.39 is 0 Å². The van der Waals surface area contributed by atoms with Crippen LogP contribution < -0.4 is 10.6 Å². The Hall–Kier alpha value is -1.35. The van der Waals surface area contributed by atoms with E-state index in [1.807, 2.05) is 20.8 Å². The van der Waals surface area contributed by atoms with Crippen LogP contribution in [0.25, 0.3) is 11.0 Å². The summed E-state index contributed by atoms with van der Waals surface area (Å²) in [5, 5.41) is 7.17. The predicted molar refractivity (Wildman–Crippen MR) is 106 cm³/mol. The SMILES string of the molecule is CCNC(=NCc1oc2ccc(F)cc2c1C)NCCOCC.I. The molecule has 5 nitrogen and oxygen atoms in total. The number of aliphatic imine (C=N–C) groups is 1. The number of halogens is 2. The van der Waals surface area contributed by atoms with Gasteiger partial charge in [0.25, 0.3) is 0 Å². The number of hydrogen-bond donors (Lipinski definition) is 2. The molecule has 2 aromatic rings. The minimum Gasteiger partial charge on any atom is -0.459 e. The molecule has 1 aromatic heterocycles. The van der Waals surface area contributed by atoms with Crippen LogP contribution >= 0.6 is 24.0 Å². The highest BCUT2D eigenvalue weighted by Crippen LogP contribution is 2.26. The fourth-order valence-corrected chi connectivity index (χ4v) is 2.27. The summed E-state index contributed by atoms with van der Waals surface area (Å²) in [4.78, 5) is 4.51. The van der Waals surface area contributed by atoms with Gasteiger partial charge >= 0.3 is 0 Å². The summed E-state index contributed by atoms with van der Waals surface area (Å²) in [5.41, 5.74) is 1.61. The summed E-state index contributed by atoms with van der Waals surface area (Å²) >= 11 is 0. The zero-order valence-electron chi connectivity index (χ0n) is 14.3. The van der Waals surface area contributed by atoms with Crippen molar-refractivity contribution in [3.05, 3.63) is 35.3 Å². The molecule has 24 heavy (non-hydrogen) atoms. The molecule has 0 atom stereocenters. The lowest BCUT2D eigenvalue weighted by atomic mass is 10.1. The van der Waals surface area contributed by atoms with Crippen molar-refractivity contribution in [2.75, 3.05) is 26.3 Å². The number of nitrogens with zero attached hydrogens (tertiary/aromatic N) is 1. The first-order valence-corrected chi connectivity index (χ1v) is 7.93. The van der Waals surface area contributed by atoms with E-state index in [9.17, 15) is 4.39 Å². The Morgan fingerprint density at radius 3 is 2.79 bits per heavy atom. The minimum absolute atomic E-state index is 0. The van der Waals surface area contributed by atoms with Gasteiger partial charge in [0.05, 0.1) is 6.61 Å². The molecule has 134 valence electrons. The normalized spacial score (nSPS) is 11.4. The molecule has 0 saturated carbocycles. The maximum absolute atomic E-state index is 13.3. The number of furan rings is 1. The monoisotopic (exact) mass is 449 g/mol. The molecule has 2 N–H and O–H groups in total. The van der Waals surface area contributed by atoms with Crippen molar-refractivity contribution in [1.82, 2.24) is 10.6 Å². The van der Waals surface area contributed by atoms with Crippen molar-refractivity contribution in [2.45, 2.75) is 27.3 Å². The lowest BCUT2D eigenvalue weighted by Crippen LogP contribution is -2.39. The van der Waals surface area contributed by atoms with Gasteiger partial charge in [0, 0.05) is 30.6 Å². The third-order valence-electron chi connectivity index (χ3n) is 3.47. The lowest BCUT2D eigenvalue weighted by Gasteiger charge is -2.10. The van der Waals surface area contributed by atoms with Crippen LogP contribution in [0.1, 0.15) is 25.2 Å². The molecule has 0 unspecified atom stereocenters. The van der Waals surface area contributed by atoms with Crippen LogP contribution in [0.3, 0.4) is 0 Å². The molecule has 0 radical (unpaired) electrons. The van der Waals surface area contributed by atoms with Gasteiger partial charge in [0.15, 0.2) is 5.96 Å². The molecule has 0 aliphatic rings. The van der Waals surface area contributed by atoms with E-state index in [0.717, 1.165) is 23.3 Å². The number of rotatable bonds is 7. The van der Waals surface area contributed by atoms with Crippen LogP contribution in [0, 0.1) is 12.7 Å². The zero-order valence-corrected chi connectivity index (χ0v) is 16.6. The van der Waals surface area contributed by atoms with Gasteiger partial charge in [-0.1, -0.05) is 0 Å². The van der Waals surface area contributed by atoms with Crippen LogP contribution in [-0.4, -0.2) is 32.3 Å². The van der Waals surface area contributed by atoms with Crippen LogP contribution in [0.15, 0.2) is 27.6 Å². The highest BCUT2D eigenvalue weighted by Gasteiger charge is 2.11. The van der Waals surface area contributed by atoms with Gasteiger partial charge in [-0.2, -0.15) is 0 Å². The number of hydrogen-bond acceptors (Lipinski definition) is 3. The van der Waals surface area contributed by atoms with Crippen molar-refractivity contribution >= 4 is 40.9 Å². The average Bonchev–Trinajstić information content (AvgIpc) is 2.85. The Morgan fingerprint density at radius 1 is 1.29 bits per heavy atom. The first-order chi connectivity index (χ1) is 11.2. The van der Waals surface area contributed by atoms with Crippen molar-refractivity contribution in [3.63, 3.8) is 0 Å². The Labute approximate surface area is 159 Å². The van der Waals surface area contributed by atoms with Crippen LogP contribution in [-0.2, 0) is 11.3 Å². The molecule has 0 fully saturated rings. The number of benzene rings is 1. The van der Waals surface area contributed by atoms with E-state index in [-0.39, 0.29) is 29.8 Å². The Bertz CT molecular complexity index is 673. The Morgan fingerprint density at radius 2 is 2.08 bits per heavy atom. The highest BCUT2D eigenvalue weighted by molar-refractivity contribution is 14.0. The van der Waals surface area contributed by atoms with Crippen LogP contribution in [0.4, 0.5) is 4.39 Å². The summed E-state index contributed by atoms with van der Waals surface area (Å²) in [6.07, 6.45) is 0. The van der Waals surface area contributed by atoms with Crippen molar-refractivity contribution in [2.24, 2.45) is 4.99 Å². The molecule has 1 aromatic carbocycles. The maximum atomic E-state index is 13.3. The quantitative estimate of drug-likeness (QED) is 0.294. The van der Waals surface area contributed by atoms with Crippen molar-refractivity contribution in [3.8, 4) is 0 Å². The lowest BCUT2D eigenvalue weighted by molar-refractivity contribution is 0.152. The summed E-state index contributed by atoms with van der Waals surface area (Å²) in [7, 11) is 0. The van der Waals surface area contributed by atoms with Gasteiger partial charge in [-0.25, -0.2) is 9.38 Å². The van der Waals surface area contributed by atoms with Crippen LogP contribution in [0.2, 0.25) is 0 Å². The van der Waals surface area contributed by atoms with Crippen molar-refractivity contribution < 1.29 is 13.5 Å². The molecule has 7 heteroatoms. The first kappa shape index (κ1) is 20.7. The molecule has 0 amide bonds. The fourth-order valence-electron chi connectivity index (χ4n) is 2.27. The second-order valence-electron chi connectivity index (χ2n) is 5.11. The van der Waals surface area contributed by atoms with E-state index in [4.69, 9.17) is 9.15 Å². The topological polar surface area (TPSA) is 58.8 Å². The van der Waals surface area contributed by atoms with Gasteiger partial charge in [0.1, 0.15) is 23.7 Å². The molecule has 0 spiro atoms. The standard InChI is InChI=1S/C17H24FN3O2.HI/c1-4-19-17(20-8-9-22-5-2)21-11-16-12(3)14-10-13(18)6-7-15(14)23-16;/h6-7,10H,4-5,8-9,11H2,1-3H3,(H2,19,20,21);1H. The first-order valence-electron chi connectivity index (χ1n) is 7.93. The number of guanidine groups is 1. The molecule has 0 aliphatic carbocycles. The van der Waals surface area contributed by atoms with Gasteiger partial charge in [-0.3, -0.25) is 0 Å². The summed E-state index contributed by atoms with van der Waals surface area (Å²) in [6.45, 7) is 9.07. The Balaban J connectivity index is 0.00000288. The molecular formula is C17H25FIN3O2. The highest BCUT2D eigenvalue weighted by atomic mass is 127. The second kappa shape index (κ2) is 10.5. The predicted octanol–water partition coefficient (Wildman–Crippen LogP) is 3.59. The average molecular weight is 449 g/mol. The van der Waals surface area contributed by atoms with E-state index >= 15 is 0 Å². The third-order valence-corrected chi connectivity index (χ3v) is 3.47. The number of fused-ring (bicyclic) bond motifs is 1. The molecular weight excluding hydrogens is 424 g/mol.